The molecule has 0 bridgehead atoms. The van der Waals surface area contributed by atoms with E-state index in [-0.39, 0.29) is 18.1 Å². The van der Waals surface area contributed by atoms with Crippen LogP contribution in [0.15, 0.2) is 12.4 Å². The number of carbonyl (C=O) groups excluding carboxylic acids is 1. The first-order chi connectivity index (χ1) is 11.0. The summed E-state index contributed by atoms with van der Waals surface area (Å²) in [5, 5.41) is 13.0. The number of urea groups is 1. The molecule has 0 spiro atoms. The van der Waals surface area contributed by atoms with Crippen LogP contribution in [0, 0.1) is 11.8 Å². The molecule has 6 heteroatoms. The fourth-order valence-corrected chi connectivity index (χ4v) is 3.19. The van der Waals surface area contributed by atoms with Gasteiger partial charge in [0, 0.05) is 38.4 Å². The minimum absolute atomic E-state index is 0.109. The van der Waals surface area contributed by atoms with Crippen LogP contribution >= 0.6 is 0 Å². The minimum Gasteiger partial charge on any atom is -0.393 e. The third kappa shape index (κ3) is 5.23. The zero-order chi connectivity index (χ0) is 16.8. The first-order valence-electron chi connectivity index (χ1n) is 8.64. The van der Waals surface area contributed by atoms with Crippen molar-refractivity contribution in [2.45, 2.75) is 58.7 Å². The summed E-state index contributed by atoms with van der Waals surface area (Å²) < 4.78 is 2.08. The molecule has 2 atom stereocenters. The lowest BCUT2D eigenvalue weighted by molar-refractivity contribution is 0.0564. The lowest BCUT2D eigenvalue weighted by atomic mass is 9.86. The number of imidazole rings is 1. The van der Waals surface area contributed by atoms with Gasteiger partial charge in [-0.05, 0) is 18.8 Å². The second kappa shape index (κ2) is 8.34. The SMILES string of the molecule is CC(C)Cn1ccnc1CNC(=O)N(C)C[C@H]1CCCC[C@H]1O. The van der Waals surface area contributed by atoms with Crippen LogP contribution in [0.25, 0.3) is 0 Å². The highest BCUT2D eigenvalue weighted by molar-refractivity contribution is 5.73. The van der Waals surface area contributed by atoms with Crippen molar-refractivity contribution in [1.82, 2.24) is 19.8 Å². The predicted molar refractivity (Wildman–Crippen MR) is 89.9 cm³/mol. The van der Waals surface area contributed by atoms with Crippen molar-refractivity contribution < 1.29 is 9.90 Å². The number of aromatic nitrogens is 2. The average molecular weight is 322 g/mol. The fourth-order valence-electron chi connectivity index (χ4n) is 3.19. The third-order valence-corrected chi connectivity index (χ3v) is 4.49. The van der Waals surface area contributed by atoms with E-state index in [2.05, 4.69) is 28.7 Å². The molecule has 0 unspecified atom stereocenters. The van der Waals surface area contributed by atoms with Crippen molar-refractivity contribution in [3.8, 4) is 0 Å². The molecule has 1 fully saturated rings. The summed E-state index contributed by atoms with van der Waals surface area (Å²) in [4.78, 5) is 18.2. The molecule has 1 aromatic heterocycles. The molecule has 0 saturated heterocycles. The van der Waals surface area contributed by atoms with Gasteiger partial charge in [-0.3, -0.25) is 0 Å². The highest BCUT2D eigenvalue weighted by Crippen LogP contribution is 2.24. The number of nitrogens with one attached hydrogen (secondary N) is 1. The van der Waals surface area contributed by atoms with Crippen LogP contribution in [0.1, 0.15) is 45.4 Å². The largest absolute Gasteiger partial charge is 0.393 e. The normalized spacial score (nSPS) is 21.4. The van der Waals surface area contributed by atoms with Gasteiger partial charge in [-0.1, -0.05) is 26.7 Å². The van der Waals surface area contributed by atoms with E-state index in [4.69, 9.17) is 0 Å². The molecule has 1 saturated carbocycles. The molecule has 130 valence electrons. The van der Waals surface area contributed by atoms with Crippen LogP contribution in [0.2, 0.25) is 0 Å². The lowest BCUT2D eigenvalue weighted by Gasteiger charge is -2.31. The average Bonchev–Trinajstić information content (AvgIpc) is 2.93. The second-order valence-corrected chi connectivity index (χ2v) is 7.04. The zero-order valence-electron chi connectivity index (χ0n) is 14.5. The molecule has 1 aliphatic carbocycles. The van der Waals surface area contributed by atoms with Crippen molar-refractivity contribution in [3.63, 3.8) is 0 Å². The number of aliphatic hydroxyl groups excluding tert-OH is 1. The number of hydrogen-bond donors (Lipinski definition) is 2. The van der Waals surface area contributed by atoms with Gasteiger partial charge in [0.15, 0.2) is 0 Å². The van der Waals surface area contributed by atoms with E-state index in [1.165, 1.54) is 0 Å². The molecule has 0 aromatic carbocycles. The van der Waals surface area contributed by atoms with E-state index >= 15 is 0 Å². The number of amides is 2. The van der Waals surface area contributed by atoms with E-state index < -0.39 is 0 Å². The fraction of sp³-hybridized carbons (Fsp3) is 0.765. The number of aliphatic hydroxyl groups is 1. The molecular formula is C17H30N4O2. The Morgan fingerprint density at radius 3 is 2.91 bits per heavy atom. The summed E-state index contributed by atoms with van der Waals surface area (Å²) in [7, 11) is 1.79. The maximum atomic E-state index is 12.2. The first kappa shape index (κ1) is 17.8. The van der Waals surface area contributed by atoms with Gasteiger partial charge < -0.3 is 19.9 Å². The van der Waals surface area contributed by atoms with Gasteiger partial charge in [0.25, 0.3) is 0 Å². The lowest BCUT2D eigenvalue weighted by Crippen LogP contribution is -2.43. The first-order valence-corrected chi connectivity index (χ1v) is 8.64. The predicted octanol–water partition coefficient (Wildman–Crippen LogP) is 2.23. The number of nitrogens with zero attached hydrogens (tertiary/aromatic N) is 3. The molecule has 1 aromatic rings. The van der Waals surface area contributed by atoms with Crippen LogP contribution in [0.4, 0.5) is 4.79 Å². The topological polar surface area (TPSA) is 70.4 Å². The number of hydrogen-bond acceptors (Lipinski definition) is 3. The Kier molecular flexibility index (Phi) is 6.45. The van der Waals surface area contributed by atoms with Crippen molar-refractivity contribution in [1.29, 1.82) is 0 Å². The Balaban J connectivity index is 1.81. The maximum Gasteiger partial charge on any atom is 0.317 e. The quantitative estimate of drug-likeness (QED) is 0.844. The van der Waals surface area contributed by atoms with Gasteiger partial charge in [0.1, 0.15) is 5.82 Å². The Hall–Kier alpha value is -1.56. The van der Waals surface area contributed by atoms with Crippen molar-refractivity contribution >= 4 is 6.03 Å². The van der Waals surface area contributed by atoms with Gasteiger partial charge in [0.05, 0.1) is 12.6 Å². The summed E-state index contributed by atoms with van der Waals surface area (Å²) in [6.45, 7) is 6.25. The van der Waals surface area contributed by atoms with Gasteiger partial charge in [0.2, 0.25) is 0 Å². The smallest absolute Gasteiger partial charge is 0.317 e. The standard InChI is InChI=1S/C17H30N4O2/c1-13(2)11-21-9-8-18-16(21)10-19-17(23)20(3)12-14-6-4-5-7-15(14)22/h8-9,13-15,22H,4-7,10-12H2,1-3H3,(H,19,23)/t14-,15-/m1/s1. The summed E-state index contributed by atoms with van der Waals surface area (Å²) in [6, 6.07) is -0.109. The van der Waals surface area contributed by atoms with Gasteiger partial charge in [-0.25, -0.2) is 9.78 Å². The van der Waals surface area contributed by atoms with Crippen LogP contribution < -0.4 is 5.32 Å². The molecule has 6 nitrogen and oxygen atoms in total. The molecule has 23 heavy (non-hydrogen) atoms. The Bertz CT molecular complexity index is 501. The third-order valence-electron chi connectivity index (χ3n) is 4.49. The van der Waals surface area contributed by atoms with Gasteiger partial charge in [-0.15, -0.1) is 0 Å². The molecule has 2 amide bonds. The van der Waals surface area contributed by atoms with Crippen molar-refractivity contribution in [2.24, 2.45) is 11.8 Å². The van der Waals surface area contributed by atoms with E-state index in [0.29, 0.717) is 19.0 Å². The van der Waals surface area contributed by atoms with Gasteiger partial charge >= 0.3 is 6.03 Å². The highest BCUT2D eigenvalue weighted by Gasteiger charge is 2.25. The minimum atomic E-state index is -0.274. The van der Waals surface area contributed by atoms with E-state index in [0.717, 1.165) is 38.1 Å². The van der Waals surface area contributed by atoms with Gasteiger partial charge in [-0.2, -0.15) is 0 Å². The van der Waals surface area contributed by atoms with E-state index in [1.54, 1.807) is 18.1 Å². The molecule has 2 N–H and O–H groups in total. The van der Waals surface area contributed by atoms with Crippen molar-refractivity contribution in [2.75, 3.05) is 13.6 Å². The zero-order valence-corrected chi connectivity index (χ0v) is 14.5. The van der Waals surface area contributed by atoms with Crippen molar-refractivity contribution in [3.05, 3.63) is 18.2 Å². The number of carbonyl (C=O) groups is 1. The molecule has 1 aliphatic rings. The van der Waals surface area contributed by atoms with Crippen LogP contribution in [-0.2, 0) is 13.1 Å². The monoisotopic (exact) mass is 322 g/mol. The molecule has 0 aliphatic heterocycles. The van der Waals surface area contributed by atoms with Crippen LogP contribution in [-0.4, -0.2) is 45.3 Å². The second-order valence-electron chi connectivity index (χ2n) is 7.04. The summed E-state index contributed by atoms with van der Waals surface area (Å²) in [5.74, 6) is 1.61. The van der Waals surface area contributed by atoms with Crippen LogP contribution in [0.5, 0.6) is 0 Å². The maximum absolute atomic E-state index is 12.2. The van der Waals surface area contributed by atoms with E-state index in [1.807, 2.05) is 6.20 Å². The molecular weight excluding hydrogens is 292 g/mol. The Labute approximate surface area is 138 Å². The Morgan fingerprint density at radius 1 is 1.48 bits per heavy atom. The molecule has 1 heterocycles. The Morgan fingerprint density at radius 2 is 2.22 bits per heavy atom. The number of rotatable bonds is 6. The summed E-state index contributed by atoms with van der Waals surface area (Å²) in [6.07, 6.45) is 7.53. The summed E-state index contributed by atoms with van der Waals surface area (Å²) >= 11 is 0. The highest BCUT2D eigenvalue weighted by atomic mass is 16.3. The van der Waals surface area contributed by atoms with Crippen LogP contribution in [0.3, 0.4) is 0 Å². The molecule has 2 rings (SSSR count). The summed E-state index contributed by atoms with van der Waals surface area (Å²) in [5.41, 5.74) is 0. The molecule has 0 radical (unpaired) electrons. The van der Waals surface area contributed by atoms with E-state index in [9.17, 15) is 9.90 Å².